The van der Waals surface area contributed by atoms with Crippen LogP contribution in [0.25, 0.3) is 0 Å². The van der Waals surface area contributed by atoms with E-state index in [9.17, 15) is 4.79 Å². The number of aryl methyl sites for hydroxylation is 2. The minimum atomic E-state index is -0.717. The first-order chi connectivity index (χ1) is 7.56. The molecule has 1 aliphatic heterocycles. The van der Waals surface area contributed by atoms with Gasteiger partial charge in [-0.25, -0.2) is 0 Å². The fourth-order valence-corrected chi connectivity index (χ4v) is 2.39. The zero-order valence-electron chi connectivity index (χ0n) is 9.71. The van der Waals surface area contributed by atoms with Crippen LogP contribution in [-0.4, -0.2) is 17.1 Å². The molecule has 3 heteroatoms. The van der Waals surface area contributed by atoms with Crippen molar-refractivity contribution in [3.05, 3.63) is 28.8 Å². The molecule has 1 heterocycles. The smallest absolute Gasteiger partial charge is 0.303 e. The second kappa shape index (κ2) is 4.16. The van der Waals surface area contributed by atoms with Crippen LogP contribution < -0.4 is 5.32 Å². The molecular weight excluding hydrogens is 202 g/mol. The molecule has 16 heavy (non-hydrogen) atoms. The average molecular weight is 219 g/mol. The van der Waals surface area contributed by atoms with Gasteiger partial charge in [-0.15, -0.1) is 0 Å². The van der Waals surface area contributed by atoms with Crippen molar-refractivity contribution in [3.63, 3.8) is 0 Å². The van der Waals surface area contributed by atoms with Gasteiger partial charge in [-0.05, 0) is 49.4 Å². The van der Waals surface area contributed by atoms with Gasteiger partial charge in [0.25, 0.3) is 0 Å². The number of anilines is 1. The van der Waals surface area contributed by atoms with Crippen LogP contribution in [0.1, 0.15) is 29.5 Å². The number of hydrogen-bond donors (Lipinski definition) is 2. The molecule has 86 valence electrons. The normalized spacial score (nSPS) is 18.0. The molecule has 3 nitrogen and oxygen atoms in total. The predicted molar refractivity (Wildman–Crippen MR) is 63.9 cm³/mol. The second-order valence-corrected chi connectivity index (χ2v) is 4.59. The number of nitrogens with one attached hydrogen (secondary N) is 1. The van der Waals surface area contributed by atoms with E-state index in [1.54, 1.807) is 0 Å². The summed E-state index contributed by atoms with van der Waals surface area (Å²) < 4.78 is 0. The van der Waals surface area contributed by atoms with Crippen LogP contribution >= 0.6 is 0 Å². The third-order valence-corrected chi connectivity index (χ3v) is 3.13. The van der Waals surface area contributed by atoms with E-state index in [4.69, 9.17) is 5.11 Å². The molecule has 0 aliphatic carbocycles. The van der Waals surface area contributed by atoms with Crippen molar-refractivity contribution in [2.45, 2.75) is 39.2 Å². The maximum absolute atomic E-state index is 10.5. The van der Waals surface area contributed by atoms with E-state index < -0.39 is 5.97 Å². The quantitative estimate of drug-likeness (QED) is 0.821. The van der Waals surface area contributed by atoms with E-state index in [1.807, 2.05) is 0 Å². The summed E-state index contributed by atoms with van der Waals surface area (Å²) in [5, 5.41) is 12.1. The summed E-state index contributed by atoms with van der Waals surface area (Å²) in [5.41, 5.74) is 5.09. The van der Waals surface area contributed by atoms with E-state index in [0.717, 1.165) is 6.42 Å². The first-order valence-electron chi connectivity index (χ1n) is 5.64. The van der Waals surface area contributed by atoms with Crippen molar-refractivity contribution in [1.82, 2.24) is 0 Å². The Balaban J connectivity index is 2.09. The van der Waals surface area contributed by atoms with E-state index in [2.05, 4.69) is 31.3 Å². The number of carbonyl (C=O) groups is 1. The van der Waals surface area contributed by atoms with Crippen LogP contribution in [0.5, 0.6) is 0 Å². The molecule has 1 atom stereocenters. The standard InChI is InChI=1S/C13H17NO2/c1-8-5-9(2)11-7-10(3-4-13(15)16)14-12(11)6-8/h5-6,10,14H,3-4,7H2,1-2H3,(H,15,16). The molecule has 0 saturated heterocycles. The Hall–Kier alpha value is -1.51. The van der Waals surface area contributed by atoms with Crippen molar-refractivity contribution in [1.29, 1.82) is 0 Å². The second-order valence-electron chi connectivity index (χ2n) is 4.59. The summed E-state index contributed by atoms with van der Waals surface area (Å²) in [5.74, 6) is -0.717. The molecule has 0 amide bonds. The Morgan fingerprint density at radius 3 is 2.94 bits per heavy atom. The lowest BCUT2D eigenvalue weighted by molar-refractivity contribution is -0.137. The van der Waals surface area contributed by atoms with Gasteiger partial charge in [-0.1, -0.05) is 6.07 Å². The fourth-order valence-electron chi connectivity index (χ4n) is 2.39. The zero-order chi connectivity index (χ0) is 11.7. The summed E-state index contributed by atoms with van der Waals surface area (Å²) in [6, 6.07) is 4.61. The van der Waals surface area contributed by atoms with Gasteiger partial charge in [0, 0.05) is 18.2 Å². The van der Waals surface area contributed by atoms with Gasteiger partial charge in [0.15, 0.2) is 0 Å². The van der Waals surface area contributed by atoms with Crippen molar-refractivity contribution in [2.24, 2.45) is 0 Å². The van der Waals surface area contributed by atoms with Gasteiger partial charge in [0.05, 0.1) is 0 Å². The molecule has 1 aromatic rings. The summed E-state index contributed by atoms with van der Waals surface area (Å²) in [6.45, 7) is 4.20. The predicted octanol–water partition coefficient (Wildman–Crippen LogP) is 2.50. The maximum atomic E-state index is 10.5. The lowest BCUT2D eigenvalue weighted by Crippen LogP contribution is -2.16. The Bertz CT molecular complexity index is 426. The monoisotopic (exact) mass is 219 g/mol. The Morgan fingerprint density at radius 1 is 1.50 bits per heavy atom. The van der Waals surface area contributed by atoms with Gasteiger partial charge < -0.3 is 10.4 Å². The molecule has 0 spiro atoms. The lowest BCUT2D eigenvalue weighted by Gasteiger charge is -2.08. The number of fused-ring (bicyclic) bond motifs is 1. The van der Waals surface area contributed by atoms with Gasteiger partial charge in [0.1, 0.15) is 0 Å². The highest BCUT2D eigenvalue weighted by atomic mass is 16.4. The largest absolute Gasteiger partial charge is 0.481 e. The Kier molecular flexibility index (Phi) is 2.86. The van der Waals surface area contributed by atoms with Gasteiger partial charge >= 0.3 is 5.97 Å². The molecule has 0 aromatic heterocycles. The molecule has 0 saturated carbocycles. The topological polar surface area (TPSA) is 49.3 Å². The highest BCUT2D eigenvalue weighted by Crippen LogP contribution is 2.31. The van der Waals surface area contributed by atoms with Crippen molar-refractivity contribution in [2.75, 3.05) is 5.32 Å². The van der Waals surface area contributed by atoms with Crippen LogP contribution in [-0.2, 0) is 11.2 Å². The van der Waals surface area contributed by atoms with Crippen molar-refractivity contribution >= 4 is 11.7 Å². The molecule has 0 radical (unpaired) electrons. The molecule has 0 bridgehead atoms. The molecule has 1 aromatic carbocycles. The average Bonchev–Trinajstić information content (AvgIpc) is 2.57. The number of benzene rings is 1. The van der Waals surface area contributed by atoms with Gasteiger partial charge in [-0.2, -0.15) is 0 Å². The summed E-state index contributed by atoms with van der Waals surface area (Å²) >= 11 is 0. The first kappa shape index (κ1) is 11.0. The maximum Gasteiger partial charge on any atom is 0.303 e. The number of carboxylic acid groups (broad SMARTS) is 1. The molecule has 1 unspecified atom stereocenters. The first-order valence-corrected chi connectivity index (χ1v) is 5.64. The minimum Gasteiger partial charge on any atom is -0.481 e. The molecule has 2 rings (SSSR count). The number of rotatable bonds is 3. The Morgan fingerprint density at radius 2 is 2.25 bits per heavy atom. The van der Waals surface area contributed by atoms with Crippen molar-refractivity contribution < 1.29 is 9.90 Å². The van der Waals surface area contributed by atoms with Crippen LogP contribution in [0.4, 0.5) is 5.69 Å². The molecular formula is C13H17NO2. The lowest BCUT2D eigenvalue weighted by atomic mass is 10.0. The SMILES string of the molecule is Cc1cc(C)c2c(c1)NC(CCC(=O)O)C2. The molecule has 1 aliphatic rings. The summed E-state index contributed by atoms with van der Waals surface area (Å²) in [4.78, 5) is 10.5. The van der Waals surface area contributed by atoms with Crippen molar-refractivity contribution in [3.8, 4) is 0 Å². The van der Waals surface area contributed by atoms with Crippen LogP contribution in [0, 0.1) is 13.8 Å². The highest BCUT2D eigenvalue weighted by Gasteiger charge is 2.22. The molecule has 0 fully saturated rings. The third kappa shape index (κ3) is 2.18. The van der Waals surface area contributed by atoms with E-state index in [-0.39, 0.29) is 12.5 Å². The summed E-state index contributed by atoms with van der Waals surface area (Å²) in [7, 11) is 0. The fraction of sp³-hybridized carbons (Fsp3) is 0.462. The van der Waals surface area contributed by atoms with Crippen LogP contribution in [0.15, 0.2) is 12.1 Å². The van der Waals surface area contributed by atoms with E-state index in [0.29, 0.717) is 6.42 Å². The highest BCUT2D eigenvalue weighted by molar-refractivity contribution is 5.67. The van der Waals surface area contributed by atoms with Crippen LogP contribution in [0.2, 0.25) is 0 Å². The van der Waals surface area contributed by atoms with Gasteiger partial charge in [-0.3, -0.25) is 4.79 Å². The number of hydrogen-bond acceptors (Lipinski definition) is 2. The van der Waals surface area contributed by atoms with Gasteiger partial charge in [0.2, 0.25) is 0 Å². The zero-order valence-corrected chi connectivity index (χ0v) is 9.71. The summed E-state index contributed by atoms with van der Waals surface area (Å²) in [6.07, 6.45) is 1.89. The third-order valence-electron chi connectivity index (χ3n) is 3.13. The van der Waals surface area contributed by atoms with E-state index in [1.165, 1.54) is 22.4 Å². The Labute approximate surface area is 95.5 Å². The molecule has 2 N–H and O–H groups in total. The number of aliphatic carboxylic acids is 1. The van der Waals surface area contributed by atoms with Crippen LogP contribution in [0.3, 0.4) is 0 Å². The minimum absolute atomic E-state index is 0.240. The van der Waals surface area contributed by atoms with E-state index >= 15 is 0 Å². The number of carboxylic acids is 1.